The van der Waals surface area contributed by atoms with E-state index in [1.54, 1.807) is 11.9 Å². The molecule has 20 heavy (non-hydrogen) atoms. The fourth-order valence-electron chi connectivity index (χ4n) is 2.54. The third-order valence-corrected chi connectivity index (χ3v) is 3.75. The molecule has 0 atom stereocenters. The number of carbonyl (C=O) groups excluding carboxylic acids is 1. The first-order valence-corrected chi connectivity index (χ1v) is 6.74. The van der Waals surface area contributed by atoms with Gasteiger partial charge in [0.05, 0.1) is 16.9 Å². The van der Waals surface area contributed by atoms with Crippen LogP contribution in [0.25, 0.3) is 0 Å². The first kappa shape index (κ1) is 12.7. The fraction of sp³-hybridized carbons (Fsp3) is 0.250. The maximum atomic E-state index is 12.6. The van der Waals surface area contributed by atoms with Crippen molar-refractivity contribution in [1.82, 2.24) is 4.98 Å². The number of carbonyl (C=O) groups is 1. The van der Waals surface area contributed by atoms with Gasteiger partial charge in [-0.2, -0.15) is 0 Å². The standard InChI is InChI=1S/C16H17N3O/c1-4-11-9-10-12-15(17-11)18(2)13-7-5-6-8-14(13)19(3)16(12)20/h5-10H,4H2,1-3H3. The molecule has 0 radical (unpaired) electrons. The third-order valence-electron chi connectivity index (χ3n) is 3.75. The SMILES string of the molecule is CCc1ccc2c(n1)N(C)c1ccccc1N(C)C2=O. The van der Waals surface area contributed by atoms with Crippen LogP contribution in [0.1, 0.15) is 23.0 Å². The molecular weight excluding hydrogens is 250 g/mol. The van der Waals surface area contributed by atoms with Crippen molar-refractivity contribution in [3.05, 3.63) is 47.7 Å². The Labute approximate surface area is 118 Å². The van der Waals surface area contributed by atoms with E-state index in [-0.39, 0.29) is 5.91 Å². The third kappa shape index (κ3) is 1.76. The van der Waals surface area contributed by atoms with Crippen molar-refractivity contribution < 1.29 is 4.79 Å². The number of fused-ring (bicyclic) bond motifs is 2. The highest BCUT2D eigenvalue weighted by atomic mass is 16.2. The van der Waals surface area contributed by atoms with E-state index in [0.29, 0.717) is 5.56 Å². The number of hydrogen-bond donors (Lipinski definition) is 0. The monoisotopic (exact) mass is 267 g/mol. The predicted molar refractivity (Wildman–Crippen MR) is 80.9 cm³/mol. The zero-order valence-electron chi connectivity index (χ0n) is 11.9. The molecule has 0 saturated carbocycles. The second kappa shape index (κ2) is 4.63. The Kier molecular flexibility index (Phi) is 2.93. The van der Waals surface area contributed by atoms with E-state index in [1.807, 2.05) is 48.3 Å². The summed E-state index contributed by atoms with van der Waals surface area (Å²) in [5, 5.41) is 0. The average Bonchev–Trinajstić information content (AvgIpc) is 2.58. The Hall–Kier alpha value is -2.36. The fourth-order valence-corrected chi connectivity index (χ4v) is 2.54. The van der Waals surface area contributed by atoms with Crippen LogP contribution >= 0.6 is 0 Å². The van der Waals surface area contributed by atoms with E-state index in [1.165, 1.54) is 0 Å². The van der Waals surface area contributed by atoms with Crippen LogP contribution in [0.3, 0.4) is 0 Å². The van der Waals surface area contributed by atoms with Crippen LogP contribution in [0.4, 0.5) is 17.2 Å². The van der Waals surface area contributed by atoms with Gasteiger partial charge < -0.3 is 9.80 Å². The summed E-state index contributed by atoms with van der Waals surface area (Å²) < 4.78 is 0. The summed E-state index contributed by atoms with van der Waals surface area (Å²) in [6.07, 6.45) is 0.854. The molecule has 1 aliphatic heterocycles. The lowest BCUT2D eigenvalue weighted by molar-refractivity contribution is 0.0994. The smallest absolute Gasteiger partial charge is 0.261 e. The number of amides is 1. The van der Waals surface area contributed by atoms with Gasteiger partial charge in [-0.1, -0.05) is 19.1 Å². The van der Waals surface area contributed by atoms with E-state index < -0.39 is 0 Å². The quantitative estimate of drug-likeness (QED) is 0.797. The number of benzene rings is 1. The lowest BCUT2D eigenvalue weighted by atomic mass is 10.2. The predicted octanol–water partition coefficient (Wildman–Crippen LogP) is 3.00. The summed E-state index contributed by atoms with van der Waals surface area (Å²) in [4.78, 5) is 20.9. The van der Waals surface area contributed by atoms with Crippen molar-refractivity contribution in [2.45, 2.75) is 13.3 Å². The maximum absolute atomic E-state index is 12.6. The molecule has 3 rings (SSSR count). The van der Waals surface area contributed by atoms with Gasteiger partial charge in [0, 0.05) is 19.8 Å². The molecule has 1 amide bonds. The highest BCUT2D eigenvalue weighted by Crippen LogP contribution is 2.37. The normalized spacial score (nSPS) is 13.8. The molecule has 2 heterocycles. The van der Waals surface area contributed by atoms with Crippen molar-refractivity contribution in [3.8, 4) is 0 Å². The topological polar surface area (TPSA) is 36.4 Å². The number of hydrogen-bond acceptors (Lipinski definition) is 3. The van der Waals surface area contributed by atoms with Gasteiger partial charge in [-0.05, 0) is 30.7 Å². The van der Waals surface area contributed by atoms with Gasteiger partial charge in [-0.15, -0.1) is 0 Å². The number of rotatable bonds is 1. The van der Waals surface area contributed by atoms with Crippen molar-refractivity contribution in [2.75, 3.05) is 23.9 Å². The summed E-state index contributed by atoms with van der Waals surface area (Å²) in [6.45, 7) is 2.06. The van der Waals surface area contributed by atoms with Crippen molar-refractivity contribution >= 4 is 23.1 Å². The van der Waals surface area contributed by atoms with Gasteiger partial charge in [-0.25, -0.2) is 4.98 Å². The number of aryl methyl sites for hydroxylation is 1. The lowest BCUT2D eigenvalue weighted by Gasteiger charge is -2.21. The molecule has 102 valence electrons. The number of aromatic nitrogens is 1. The van der Waals surface area contributed by atoms with E-state index in [0.717, 1.165) is 29.3 Å². The summed E-state index contributed by atoms with van der Waals surface area (Å²) in [5.41, 5.74) is 3.52. The van der Waals surface area contributed by atoms with Gasteiger partial charge in [0.15, 0.2) is 0 Å². The van der Waals surface area contributed by atoms with E-state index >= 15 is 0 Å². The van der Waals surface area contributed by atoms with Crippen molar-refractivity contribution in [3.63, 3.8) is 0 Å². The Morgan fingerprint density at radius 2 is 1.65 bits per heavy atom. The molecule has 2 aromatic rings. The van der Waals surface area contributed by atoms with Crippen LogP contribution in [-0.2, 0) is 6.42 Å². The largest absolute Gasteiger partial charge is 0.327 e. The molecule has 0 fully saturated rings. The molecule has 1 aromatic heterocycles. The van der Waals surface area contributed by atoms with Crippen molar-refractivity contribution in [2.24, 2.45) is 0 Å². The van der Waals surface area contributed by atoms with Gasteiger partial charge in [0.1, 0.15) is 5.82 Å². The Bertz CT molecular complexity index is 681. The molecule has 0 N–H and O–H groups in total. The van der Waals surface area contributed by atoms with Crippen LogP contribution in [0.2, 0.25) is 0 Å². The molecular formula is C16H17N3O. The lowest BCUT2D eigenvalue weighted by Crippen LogP contribution is -2.25. The van der Waals surface area contributed by atoms with E-state index in [4.69, 9.17) is 0 Å². The average molecular weight is 267 g/mol. The second-order valence-electron chi connectivity index (χ2n) is 4.94. The first-order chi connectivity index (χ1) is 9.63. The molecule has 1 aliphatic rings. The van der Waals surface area contributed by atoms with Crippen LogP contribution in [0.5, 0.6) is 0 Å². The van der Waals surface area contributed by atoms with Crippen LogP contribution in [-0.4, -0.2) is 25.0 Å². The van der Waals surface area contributed by atoms with E-state index in [2.05, 4.69) is 11.9 Å². The molecule has 0 spiro atoms. The Morgan fingerprint density at radius 1 is 1.00 bits per heavy atom. The minimum Gasteiger partial charge on any atom is -0.327 e. The summed E-state index contributed by atoms with van der Waals surface area (Å²) in [6, 6.07) is 11.7. The maximum Gasteiger partial charge on any atom is 0.261 e. The summed E-state index contributed by atoms with van der Waals surface area (Å²) >= 11 is 0. The molecule has 0 aliphatic carbocycles. The van der Waals surface area contributed by atoms with Crippen LogP contribution in [0, 0.1) is 0 Å². The minimum atomic E-state index is -0.0213. The number of pyridine rings is 1. The van der Waals surface area contributed by atoms with Gasteiger partial charge in [0.2, 0.25) is 0 Å². The molecule has 4 heteroatoms. The first-order valence-electron chi connectivity index (χ1n) is 6.74. The Morgan fingerprint density at radius 3 is 2.30 bits per heavy atom. The van der Waals surface area contributed by atoms with Gasteiger partial charge >= 0.3 is 0 Å². The van der Waals surface area contributed by atoms with E-state index in [9.17, 15) is 4.79 Å². The van der Waals surface area contributed by atoms with Gasteiger partial charge in [-0.3, -0.25) is 4.79 Å². The minimum absolute atomic E-state index is 0.0213. The molecule has 1 aromatic carbocycles. The highest BCUT2D eigenvalue weighted by molar-refractivity contribution is 6.12. The summed E-state index contributed by atoms with van der Waals surface area (Å²) in [5.74, 6) is 0.707. The second-order valence-corrected chi connectivity index (χ2v) is 4.94. The number of nitrogens with zero attached hydrogens (tertiary/aromatic N) is 3. The zero-order valence-corrected chi connectivity index (χ0v) is 11.9. The van der Waals surface area contributed by atoms with Crippen LogP contribution < -0.4 is 9.80 Å². The highest BCUT2D eigenvalue weighted by Gasteiger charge is 2.27. The molecule has 0 bridgehead atoms. The summed E-state index contributed by atoms with van der Waals surface area (Å²) in [7, 11) is 3.76. The number of para-hydroxylation sites is 2. The molecule has 0 unspecified atom stereocenters. The number of anilines is 3. The van der Waals surface area contributed by atoms with Crippen LogP contribution in [0.15, 0.2) is 36.4 Å². The Balaban J connectivity index is 2.27. The zero-order chi connectivity index (χ0) is 14.3. The van der Waals surface area contributed by atoms with Crippen molar-refractivity contribution in [1.29, 1.82) is 0 Å². The molecule has 4 nitrogen and oxygen atoms in total. The van der Waals surface area contributed by atoms with Gasteiger partial charge in [0.25, 0.3) is 5.91 Å². The molecule has 0 saturated heterocycles.